The van der Waals surface area contributed by atoms with E-state index in [4.69, 9.17) is 45.6 Å². The molecular weight excluding hydrogens is 1220 g/mol. The molecule has 0 radical (unpaired) electrons. The predicted octanol–water partition coefficient (Wildman–Crippen LogP) is 23.4. The summed E-state index contributed by atoms with van der Waals surface area (Å²) in [6.45, 7) is 45.4. The predicted molar refractivity (Wildman–Crippen MR) is 426 cm³/mol. The Kier molecular flexibility index (Phi) is 42.5. The van der Waals surface area contributed by atoms with Crippen LogP contribution in [0.4, 0.5) is 17.1 Å². The van der Waals surface area contributed by atoms with Gasteiger partial charge >= 0.3 is 0 Å². The van der Waals surface area contributed by atoms with Gasteiger partial charge in [-0.2, -0.15) is 0 Å². The van der Waals surface area contributed by atoms with E-state index in [0.717, 1.165) is 125 Å². The van der Waals surface area contributed by atoms with Crippen molar-refractivity contribution in [3.63, 3.8) is 0 Å². The van der Waals surface area contributed by atoms with Gasteiger partial charge in [-0.1, -0.05) is 240 Å². The lowest BCUT2D eigenvalue weighted by molar-refractivity contribution is 0.237. The highest BCUT2D eigenvalue weighted by Gasteiger charge is 2.36. The van der Waals surface area contributed by atoms with Crippen LogP contribution in [0.3, 0.4) is 0 Å². The normalized spacial score (nSPS) is 16.9. The van der Waals surface area contributed by atoms with Gasteiger partial charge in [0.05, 0.1) is 57.8 Å². The minimum Gasteiger partial charge on any atom is -0.490 e. The fraction of sp³-hybridized carbons (Fsp3) is 0.724. The van der Waals surface area contributed by atoms with Crippen LogP contribution >= 0.6 is 0 Å². The van der Waals surface area contributed by atoms with Crippen molar-refractivity contribution in [2.24, 2.45) is 88.2 Å². The molecule has 9 N–H and O–H groups in total. The Morgan fingerprint density at radius 1 is 0.263 bits per heavy atom. The molecule has 4 rings (SSSR count). The van der Waals surface area contributed by atoms with Crippen molar-refractivity contribution in [1.82, 2.24) is 0 Å². The first kappa shape index (κ1) is 86.4. The summed E-state index contributed by atoms with van der Waals surface area (Å²) >= 11 is 0. The first-order valence-corrected chi connectivity index (χ1v) is 40.1. The Hall–Kier alpha value is -5.04. The molecule has 3 aromatic rings. The number of benzene rings is 3. The quantitative estimate of drug-likeness (QED) is 0.0317. The van der Waals surface area contributed by atoms with E-state index in [1.54, 1.807) is 0 Å². The average Bonchev–Trinajstić information content (AvgIpc) is 0.846. The fourth-order valence-corrected chi connectivity index (χ4v) is 13.0. The second kappa shape index (κ2) is 48.8. The van der Waals surface area contributed by atoms with Gasteiger partial charge in [0, 0.05) is 53.9 Å². The molecule has 0 saturated heterocycles. The maximum absolute atomic E-state index is 7.44. The van der Waals surface area contributed by atoms with Crippen molar-refractivity contribution >= 4 is 17.1 Å². The van der Waals surface area contributed by atoms with E-state index in [-0.39, 0.29) is 0 Å². The van der Waals surface area contributed by atoms with E-state index in [9.17, 15) is 0 Å². The van der Waals surface area contributed by atoms with Crippen molar-refractivity contribution in [2.45, 2.75) is 297 Å². The van der Waals surface area contributed by atoms with Gasteiger partial charge in [-0.3, -0.25) is 0 Å². The van der Waals surface area contributed by atoms with Gasteiger partial charge in [0.15, 0.2) is 34.5 Å². The smallest absolute Gasteiger partial charge is 0.163 e. The van der Waals surface area contributed by atoms with E-state index in [1.165, 1.54) is 116 Å². The molecule has 6 unspecified atom stereocenters. The maximum Gasteiger partial charge on any atom is 0.163 e. The molecule has 12 heteroatoms. The third-order valence-electron chi connectivity index (χ3n) is 20.3. The molecule has 0 amide bonds. The molecule has 1 aliphatic carbocycles. The van der Waals surface area contributed by atoms with E-state index in [1.807, 2.05) is 55.0 Å². The van der Waals surface area contributed by atoms with Crippen LogP contribution in [-0.4, -0.2) is 57.8 Å². The molecule has 1 fully saturated rings. The van der Waals surface area contributed by atoms with Crippen LogP contribution in [0.15, 0.2) is 89.9 Å². The molecule has 0 aromatic heterocycles. The van der Waals surface area contributed by atoms with E-state index in [0.29, 0.717) is 92.9 Å². The first-order chi connectivity index (χ1) is 47.3. The molecule has 6 atom stereocenters. The summed E-state index contributed by atoms with van der Waals surface area (Å²) in [5.74, 6) is 12.1. The summed E-state index contributed by atoms with van der Waals surface area (Å²) < 4.78 is 39.7. The van der Waals surface area contributed by atoms with Gasteiger partial charge in [0.25, 0.3) is 0 Å². The van der Waals surface area contributed by atoms with Crippen LogP contribution in [0.5, 0.6) is 34.5 Å². The van der Waals surface area contributed by atoms with Crippen LogP contribution in [0, 0.1) is 71.0 Å². The van der Waals surface area contributed by atoms with Gasteiger partial charge in [-0.15, -0.1) is 0 Å². The number of nitrogens with one attached hydrogen (secondary N) is 3. The minimum absolute atomic E-state index is 0.555. The summed E-state index contributed by atoms with van der Waals surface area (Å²) in [5, 5.41) is 10.9. The van der Waals surface area contributed by atoms with Crippen LogP contribution in [0.25, 0.3) is 0 Å². The number of ether oxygens (including phenoxy) is 6. The van der Waals surface area contributed by atoms with Gasteiger partial charge in [0.1, 0.15) is 0 Å². The molecule has 12 nitrogen and oxygen atoms in total. The van der Waals surface area contributed by atoms with Crippen molar-refractivity contribution in [3.8, 4) is 34.5 Å². The summed E-state index contributed by atoms with van der Waals surface area (Å²) in [6, 6.07) is 16.4. The number of anilines is 3. The molecule has 99 heavy (non-hydrogen) atoms. The monoisotopic (exact) mass is 1380 g/mol. The van der Waals surface area contributed by atoms with Crippen LogP contribution in [0.1, 0.15) is 279 Å². The molecule has 1 aliphatic rings. The van der Waals surface area contributed by atoms with Crippen molar-refractivity contribution in [1.29, 1.82) is 0 Å². The second-order valence-electron chi connectivity index (χ2n) is 33.2. The van der Waals surface area contributed by atoms with E-state index < -0.39 is 18.1 Å². The minimum atomic E-state index is -0.648. The number of nitrogens with two attached hydrogens (primary N) is 3. The van der Waals surface area contributed by atoms with Crippen LogP contribution < -0.4 is 61.6 Å². The zero-order chi connectivity index (χ0) is 72.7. The lowest BCUT2D eigenvalue weighted by Gasteiger charge is -2.37. The zero-order valence-electron chi connectivity index (χ0n) is 66.5. The SMILES string of the molecule is CC(C)CCCC(C)CCOc1ccc(NC=C2C(N)C(=CNc3ccc(OCCC(C)CCCC(C)C)c(OCCC(C)CCCC(C)C)c3)C(N)C(=CNc3ccc(OCCC(C)CCCC(C)C)c(OCCC(C)CCCC(C)C)c3)C2N)cc1OCCC(C)CCCC(C)C. The van der Waals surface area contributed by atoms with Gasteiger partial charge in [-0.05, 0) is 163 Å². The zero-order valence-corrected chi connectivity index (χ0v) is 66.5. The Labute approximate surface area is 607 Å². The van der Waals surface area contributed by atoms with Crippen molar-refractivity contribution < 1.29 is 28.4 Å². The second-order valence-corrected chi connectivity index (χ2v) is 33.2. The Morgan fingerprint density at radius 3 is 0.626 bits per heavy atom. The molecule has 3 aromatic carbocycles. The standard InChI is InChI=1S/C87H150N6O6/c1-61(2)25-19-31-67(13)43-49-94-79-40-37-73(55-82(79)97-52-46-70(16)34-22-28-64(7)8)91-58-76-85(88)77(59-92-74-38-41-80(95-50-44-68(14)32-20-26-62(3)4)83(56-74)98-53-47-71(17)35-23-29-65(9)10)87(90)78(86(76)89)60-93-75-39-42-81(96-51-45-69(15)33-21-27-63(5)6)84(57-75)99-54-48-72(18)36-24-30-66(11)12/h37-42,55-72,85-87,91-93H,19-36,43-54,88-90H2,1-18H3. The van der Waals surface area contributed by atoms with Crippen molar-refractivity contribution in [2.75, 3.05) is 55.6 Å². The van der Waals surface area contributed by atoms with Crippen LogP contribution in [-0.2, 0) is 0 Å². The molecule has 0 spiro atoms. The first-order valence-electron chi connectivity index (χ1n) is 40.1. The Morgan fingerprint density at radius 2 is 0.444 bits per heavy atom. The average molecular weight is 1380 g/mol. The molecule has 0 heterocycles. The summed E-state index contributed by atoms with van der Waals surface area (Å²) in [7, 11) is 0. The Bertz CT molecular complexity index is 2410. The molecule has 0 bridgehead atoms. The van der Waals surface area contributed by atoms with E-state index in [2.05, 4.69) is 159 Å². The largest absolute Gasteiger partial charge is 0.490 e. The molecule has 564 valence electrons. The van der Waals surface area contributed by atoms with E-state index >= 15 is 0 Å². The van der Waals surface area contributed by atoms with Gasteiger partial charge in [-0.25, -0.2) is 0 Å². The maximum atomic E-state index is 7.44. The lowest BCUT2D eigenvalue weighted by Crippen LogP contribution is -2.52. The van der Waals surface area contributed by atoms with Gasteiger partial charge in [0.2, 0.25) is 0 Å². The third kappa shape index (κ3) is 36.6. The number of hydrogen-bond acceptors (Lipinski definition) is 12. The summed E-state index contributed by atoms with van der Waals surface area (Å²) in [5.41, 5.74) is 27.1. The van der Waals surface area contributed by atoms with Crippen LogP contribution in [0.2, 0.25) is 0 Å². The highest BCUT2D eigenvalue weighted by atomic mass is 16.5. The Balaban J connectivity index is 1.76. The number of hydrogen-bond donors (Lipinski definition) is 6. The summed E-state index contributed by atoms with van der Waals surface area (Å²) in [4.78, 5) is 0. The molecule has 0 aliphatic heterocycles. The third-order valence-corrected chi connectivity index (χ3v) is 20.3. The van der Waals surface area contributed by atoms with Crippen molar-refractivity contribution in [3.05, 3.63) is 89.9 Å². The highest BCUT2D eigenvalue weighted by Crippen LogP contribution is 2.38. The number of rotatable bonds is 54. The topological polar surface area (TPSA) is 170 Å². The summed E-state index contributed by atoms with van der Waals surface area (Å²) in [6.07, 6.45) is 33.9. The fourth-order valence-electron chi connectivity index (χ4n) is 13.0. The molecule has 1 saturated carbocycles. The molecular formula is C87H150N6O6. The van der Waals surface area contributed by atoms with Gasteiger partial charge < -0.3 is 61.6 Å². The highest BCUT2D eigenvalue weighted by molar-refractivity contribution is 5.62. The lowest BCUT2D eigenvalue weighted by atomic mass is 9.77.